The van der Waals surface area contributed by atoms with Gasteiger partial charge in [0, 0.05) is 0 Å². The average molecular weight is 92.1 g/mol. The molecule has 0 aliphatic carbocycles. The van der Waals surface area contributed by atoms with Crippen LogP contribution in [0.25, 0.3) is 0 Å². The van der Waals surface area contributed by atoms with Crippen LogP contribution in [0.1, 0.15) is 0 Å². The molecule has 0 rings (SSSR count). The summed E-state index contributed by atoms with van der Waals surface area (Å²) in [5.41, 5.74) is 4.80. The summed E-state index contributed by atoms with van der Waals surface area (Å²) in [6.45, 7) is -0.438. The van der Waals surface area contributed by atoms with Crippen LogP contribution in [0.4, 0.5) is 0 Å². The lowest BCUT2D eigenvalue weighted by atomic mass is 11.0. The summed E-state index contributed by atoms with van der Waals surface area (Å²) in [4.78, 5) is 0. The maximum Gasteiger partial charge on any atom is 0.120 e. The molecule has 6 heavy (non-hydrogen) atoms. The Kier molecular flexibility index (Phi) is 2.97. The zero-order valence-electron chi connectivity index (χ0n) is 3.33. The molecule has 0 saturated carbocycles. The van der Waals surface area contributed by atoms with Crippen molar-refractivity contribution in [3.63, 3.8) is 0 Å². The van der Waals surface area contributed by atoms with Crippen molar-refractivity contribution in [2.45, 2.75) is 0 Å². The molecule has 0 amide bonds. The van der Waals surface area contributed by atoms with Gasteiger partial charge in [-0.2, -0.15) is 5.06 Å². The molecule has 0 aromatic carbocycles. The Balaban J connectivity index is 2.75. The third-order valence-corrected chi connectivity index (χ3v) is 0.374. The summed E-state index contributed by atoms with van der Waals surface area (Å²) in [5.74, 6) is 0. The van der Waals surface area contributed by atoms with Crippen molar-refractivity contribution in [1.82, 2.24) is 5.06 Å². The Labute approximate surface area is 35.7 Å². The van der Waals surface area contributed by atoms with Crippen LogP contribution in [-0.4, -0.2) is 28.8 Å². The Morgan fingerprint density at radius 3 is 2.17 bits per heavy atom. The fourth-order valence-corrected chi connectivity index (χ4v) is 0.0577. The molecule has 38 valence electrons. The molecule has 0 atom stereocenters. The monoisotopic (exact) mass is 92.1 g/mol. The minimum absolute atomic E-state index is 0.0312. The lowest BCUT2D eigenvalue weighted by Gasteiger charge is -2.03. The molecule has 4 nitrogen and oxygen atoms in total. The quantitative estimate of drug-likeness (QED) is 0.288. The molecule has 0 saturated heterocycles. The number of rotatable bonds is 2. The molecule has 4 N–H and O–H groups in total. The minimum Gasteiger partial charge on any atom is -0.379 e. The first kappa shape index (κ1) is 5.84. The van der Waals surface area contributed by atoms with Crippen molar-refractivity contribution in [3.05, 3.63) is 0 Å². The van der Waals surface area contributed by atoms with E-state index in [1.807, 2.05) is 0 Å². The summed E-state index contributed by atoms with van der Waals surface area (Å²) in [5, 5.41) is 16.6. The van der Waals surface area contributed by atoms with E-state index in [9.17, 15) is 0 Å². The molecule has 0 heterocycles. The fraction of sp³-hybridized carbons (Fsp3) is 1.00. The highest BCUT2D eigenvalue weighted by molar-refractivity contribution is 4.17. The summed E-state index contributed by atoms with van der Waals surface area (Å²) in [6.07, 6.45) is 0. The van der Waals surface area contributed by atoms with E-state index in [1.54, 1.807) is 0 Å². The van der Waals surface area contributed by atoms with Crippen LogP contribution in [0.15, 0.2) is 0 Å². The number of aliphatic hydroxyl groups is 1. The predicted molar refractivity (Wildman–Crippen MR) is 19.8 cm³/mol. The van der Waals surface area contributed by atoms with Crippen molar-refractivity contribution < 1.29 is 10.3 Å². The van der Waals surface area contributed by atoms with Gasteiger partial charge in [0.05, 0.1) is 6.67 Å². The van der Waals surface area contributed by atoms with Gasteiger partial charge in [-0.3, -0.25) is 0 Å². The van der Waals surface area contributed by atoms with Crippen molar-refractivity contribution >= 4 is 0 Å². The Bertz CT molecular complexity index is 28.7. The third-order valence-electron chi connectivity index (χ3n) is 0.374. The highest BCUT2D eigenvalue weighted by atomic mass is 16.5. The smallest absolute Gasteiger partial charge is 0.120 e. The number of hydroxylamine groups is 2. The molecule has 0 aliphatic heterocycles. The van der Waals surface area contributed by atoms with E-state index in [0.717, 1.165) is 0 Å². The van der Waals surface area contributed by atoms with E-state index in [1.165, 1.54) is 0 Å². The second kappa shape index (κ2) is 3.05. The Morgan fingerprint density at radius 1 is 1.67 bits per heavy atom. The van der Waals surface area contributed by atoms with Crippen LogP contribution in [0, 0.1) is 0 Å². The van der Waals surface area contributed by atoms with Crippen molar-refractivity contribution in [2.75, 3.05) is 13.4 Å². The van der Waals surface area contributed by atoms with Crippen molar-refractivity contribution in [1.29, 1.82) is 0 Å². The summed E-state index contributed by atoms with van der Waals surface area (Å²) in [6, 6.07) is 0. The van der Waals surface area contributed by atoms with E-state index in [4.69, 9.17) is 16.0 Å². The van der Waals surface area contributed by atoms with Crippen molar-refractivity contribution in [3.8, 4) is 0 Å². The van der Waals surface area contributed by atoms with E-state index >= 15 is 0 Å². The normalized spacial score (nSPS) is 10.0. The number of hydrogen-bond donors (Lipinski definition) is 3. The van der Waals surface area contributed by atoms with Crippen molar-refractivity contribution in [2.24, 2.45) is 5.73 Å². The highest BCUT2D eigenvalue weighted by Gasteiger charge is 1.85. The van der Waals surface area contributed by atoms with Crippen LogP contribution in [-0.2, 0) is 0 Å². The van der Waals surface area contributed by atoms with Crippen LogP contribution in [0.2, 0.25) is 0 Å². The zero-order valence-corrected chi connectivity index (χ0v) is 3.33. The molecule has 0 radical (unpaired) electrons. The largest absolute Gasteiger partial charge is 0.379 e. The van der Waals surface area contributed by atoms with Gasteiger partial charge in [-0.25, -0.2) is 0 Å². The van der Waals surface area contributed by atoms with Crippen LogP contribution < -0.4 is 5.73 Å². The molecular formula is C2H8N2O2. The Hall–Kier alpha value is -0.160. The summed E-state index contributed by atoms with van der Waals surface area (Å²) in [7, 11) is 0. The number of nitrogens with two attached hydrogens (primary N) is 1. The van der Waals surface area contributed by atoms with Gasteiger partial charge >= 0.3 is 0 Å². The van der Waals surface area contributed by atoms with Crippen LogP contribution in [0.3, 0.4) is 0 Å². The Morgan fingerprint density at radius 2 is 2.17 bits per heavy atom. The molecule has 0 bridgehead atoms. The summed E-state index contributed by atoms with van der Waals surface area (Å²) < 4.78 is 0. The average Bonchev–Trinajstić information content (AvgIpc) is 1.65. The van der Waals surface area contributed by atoms with Gasteiger partial charge in [0.25, 0.3) is 0 Å². The first-order valence-corrected chi connectivity index (χ1v) is 1.56. The highest BCUT2D eigenvalue weighted by Crippen LogP contribution is 1.64. The molecular weight excluding hydrogens is 84.0 g/mol. The van der Waals surface area contributed by atoms with Gasteiger partial charge < -0.3 is 16.0 Å². The van der Waals surface area contributed by atoms with E-state index in [0.29, 0.717) is 5.06 Å². The molecule has 0 aromatic rings. The standard InChI is InChI=1S/C2H8N2O2/c3-1-4(6)2-5/h5-6H,1-3H2. The molecule has 4 heteroatoms. The van der Waals surface area contributed by atoms with Gasteiger partial charge in [-0.1, -0.05) is 0 Å². The maximum absolute atomic E-state index is 8.12. The molecule has 0 aromatic heterocycles. The van der Waals surface area contributed by atoms with Gasteiger partial charge in [0.1, 0.15) is 6.73 Å². The summed E-state index contributed by atoms with van der Waals surface area (Å²) >= 11 is 0. The molecule has 0 spiro atoms. The van der Waals surface area contributed by atoms with Gasteiger partial charge in [0.15, 0.2) is 0 Å². The van der Waals surface area contributed by atoms with Crippen LogP contribution in [0.5, 0.6) is 0 Å². The molecule has 0 aliphatic rings. The number of nitrogens with zero attached hydrogens (tertiary/aromatic N) is 1. The fourth-order valence-electron chi connectivity index (χ4n) is 0.0577. The SMILES string of the molecule is NCN(O)CO. The van der Waals surface area contributed by atoms with Gasteiger partial charge in [0.2, 0.25) is 0 Å². The van der Waals surface area contributed by atoms with E-state index in [-0.39, 0.29) is 6.67 Å². The third kappa shape index (κ3) is 2.10. The topological polar surface area (TPSA) is 69.7 Å². The number of aliphatic hydroxyl groups excluding tert-OH is 1. The van der Waals surface area contributed by atoms with Gasteiger partial charge in [-0.15, -0.1) is 0 Å². The second-order valence-electron chi connectivity index (χ2n) is 0.830. The lowest BCUT2D eigenvalue weighted by Crippen LogP contribution is -2.26. The van der Waals surface area contributed by atoms with Gasteiger partial charge in [-0.05, 0) is 0 Å². The first-order valence-electron chi connectivity index (χ1n) is 1.56. The molecule has 0 fully saturated rings. The zero-order chi connectivity index (χ0) is 4.99. The maximum atomic E-state index is 8.12. The lowest BCUT2D eigenvalue weighted by molar-refractivity contribution is -0.140. The minimum atomic E-state index is -0.406. The predicted octanol–water partition coefficient (Wildman–Crippen LogP) is -1.46. The number of hydrogen-bond acceptors (Lipinski definition) is 4. The van der Waals surface area contributed by atoms with E-state index < -0.39 is 6.73 Å². The van der Waals surface area contributed by atoms with Crippen LogP contribution >= 0.6 is 0 Å². The second-order valence-corrected chi connectivity index (χ2v) is 0.830. The van der Waals surface area contributed by atoms with E-state index in [2.05, 4.69) is 0 Å². The molecule has 0 unspecified atom stereocenters. The first-order chi connectivity index (χ1) is 2.81.